The number of hydrazine groups is 1. The molecule has 0 bridgehead atoms. The van der Waals surface area contributed by atoms with Gasteiger partial charge in [0.15, 0.2) is 15.5 Å². The van der Waals surface area contributed by atoms with Gasteiger partial charge in [0.05, 0.1) is 28.6 Å². The molecule has 4 rings (SSSR count). The molecule has 0 amide bonds. The van der Waals surface area contributed by atoms with E-state index in [-0.39, 0.29) is 49.5 Å². The molecule has 1 heterocycles. The molecule has 4 aromatic rings. The lowest BCUT2D eigenvalue weighted by Crippen LogP contribution is -2.31. The van der Waals surface area contributed by atoms with Crippen LogP contribution in [-0.4, -0.2) is 35.7 Å². The summed E-state index contributed by atoms with van der Waals surface area (Å²) in [5.41, 5.74) is 5.54. The first-order chi connectivity index (χ1) is 20.8. The summed E-state index contributed by atoms with van der Waals surface area (Å²) in [6, 6.07) is 11.5. The van der Waals surface area contributed by atoms with Gasteiger partial charge < -0.3 is 20.1 Å². The third kappa shape index (κ3) is 7.36. The molecule has 0 radical (unpaired) electrons. The summed E-state index contributed by atoms with van der Waals surface area (Å²) in [6.07, 6.45) is -6.98. The second-order valence-electron chi connectivity index (χ2n) is 9.60. The maximum absolute atomic E-state index is 13.5. The highest BCUT2D eigenvalue weighted by Gasteiger charge is 2.35. The maximum Gasteiger partial charge on any atom is 0.573 e. The van der Waals surface area contributed by atoms with Crippen molar-refractivity contribution in [1.29, 1.82) is 0 Å². The van der Waals surface area contributed by atoms with E-state index in [1.165, 1.54) is 49.4 Å². The highest BCUT2D eigenvalue weighted by Crippen LogP contribution is 2.38. The van der Waals surface area contributed by atoms with Crippen molar-refractivity contribution in [2.45, 2.75) is 31.0 Å². The average Bonchev–Trinajstić information content (AvgIpc) is 3.34. The normalized spacial score (nSPS) is 12.8. The fraction of sp³-hybridized carbons (Fsp3) is 0.179. The van der Waals surface area contributed by atoms with E-state index in [4.69, 9.17) is 23.2 Å². The molecule has 0 atom stereocenters. The van der Waals surface area contributed by atoms with Crippen LogP contribution in [0.1, 0.15) is 22.6 Å². The number of sulfone groups is 1. The number of halogens is 7. The van der Waals surface area contributed by atoms with Crippen molar-refractivity contribution in [1.82, 2.24) is 9.55 Å². The average molecular weight is 676 g/mol. The van der Waals surface area contributed by atoms with Crippen LogP contribution in [0.5, 0.6) is 5.75 Å². The molecule has 5 N–H and O–H groups in total. The molecule has 240 valence electrons. The van der Waals surface area contributed by atoms with E-state index in [2.05, 4.69) is 9.72 Å². The number of hydrogen-bond donors (Lipinski definition) is 3. The molecule has 0 aliphatic carbocycles. The molecule has 0 unspecified atom stereocenters. The number of anilines is 1. The summed E-state index contributed by atoms with van der Waals surface area (Å²) in [6.45, 7) is 0.666. The summed E-state index contributed by atoms with van der Waals surface area (Å²) in [5, 5.41) is 10.6. The highest BCUT2D eigenvalue weighted by molar-refractivity contribution is 7.90. The number of rotatable bonds is 8. The standard InChI is InChI=1S/C28H24ClF6N5O4S/c1-15-38-26(27(30,31)32)13-39(15)22-8-5-17(18-9-21(29)20(14-41)25(11-18)45(2,42)43)10-23(22)40(37)24(12-36)16-3-6-19(7-4-16)44-28(33,34)35/h3-13,41H,14,36-37H2,1-2H3/b24-12-. The Morgan fingerprint density at radius 1 is 1.07 bits per heavy atom. The van der Waals surface area contributed by atoms with E-state index in [9.17, 15) is 39.9 Å². The van der Waals surface area contributed by atoms with Crippen LogP contribution in [-0.2, 0) is 22.6 Å². The molecule has 45 heavy (non-hydrogen) atoms. The minimum atomic E-state index is -4.93. The molecular weight excluding hydrogens is 652 g/mol. The second-order valence-corrected chi connectivity index (χ2v) is 12.0. The molecule has 3 aromatic carbocycles. The van der Waals surface area contributed by atoms with Crippen molar-refractivity contribution in [3.63, 3.8) is 0 Å². The summed E-state index contributed by atoms with van der Waals surface area (Å²) >= 11 is 6.31. The zero-order valence-corrected chi connectivity index (χ0v) is 24.9. The quantitative estimate of drug-likeness (QED) is 0.118. The van der Waals surface area contributed by atoms with Crippen LogP contribution >= 0.6 is 11.6 Å². The molecule has 0 fully saturated rings. The Kier molecular flexibility index (Phi) is 9.17. The first-order valence-electron chi connectivity index (χ1n) is 12.6. The molecule has 0 saturated heterocycles. The van der Waals surface area contributed by atoms with Gasteiger partial charge in [-0.1, -0.05) is 17.7 Å². The molecule has 9 nitrogen and oxygen atoms in total. The van der Waals surface area contributed by atoms with Gasteiger partial charge in [0, 0.05) is 34.8 Å². The zero-order chi connectivity index (χ0) is 33.5. The van der Waals surface area contributed by atoms with Gasteiger partial charge in [-0.3, -0.25) is 5.01 Å². The van der Waals surface area contributed by atoms with Crippen molar-refractivity contribution in [3.05, 3.63) is 94.7 Å². The number of alkyl halides is 6. The topological polar surface area (TPSA) is 137 Å². The zero-order valence-electron chi connectivity index (χ0n) is 23.3. The lowest BCUT2D eigenvalue weighted by atomic mass is 10.0. The summed E-state index contributed by atoms with van der Waals surface area (Å²) in [5.74, 6) is 5.90. The number of aliphatic hydroxyl groups is 1. The van der Waals surface area contributed by atoms with Crippen LogP contribution < -0.4 is 21.3 Å². The molecule has 17 heteroatoms. The van der Waals surface area contributed by atoms with Crippen LogP contribution in [0.2, 0.25) is 5.02 Å². The second kappa shape index (κ2) is 12.3. The summed E-state index contributed by atoms with van der Waals surface area (Å²) < 4.78 is 108. The number of imidazole rings is 1. The number of nitrogens with two attached hydrogens (primary N) is 2. The van der Waals surface area contributed by atoms with Crippen LogP contribution in [0, 0.1) is 6.92 Å². The van der Waals surface area contributed by atoms with E-state index in [1.54, 1.807) is 0 Å². The Morgan fingerprint density at radius 3 is 2.22 bits per heavy atom. The van der Waals surface area contributed by atoms with Gasteiger partial charge in [-0.2, -0.15) is 13.2 Å². The minimum Gasteiger partial charge on any atom is -0.406 e. The predicted octanol–water partition coefficient (Wildman–Crippen LogP) is 5.95. The minimum absolute atomic E-state index is 0.0197. The Bertz CT molecular complexity index is 1870. The summed E-state index contributed by atoms with van der Waals surface area (Å²) in [4.78, 5) is 3.35. The lowest BCUT2D eigenvalue weighted by Gasteiger charge is -2.26. The fourth-order valence-electron chi connectivity index (χ4n) is 4.49. The van der Waals surface area contributed by atoms with Gasteiger partial charge in [0.2, 0.25) is 0 Å². The molecular formula is C28H24ClF6N5O4S. The van der Waals surface area contributed by atoms with Crippen molar-refractivity contribution in [3.8, 4) is 22.6 Å². The van der Waals surface area contributed by atoms with E-state index in [0.717, 1.165) is 40.4 Å². The van der Waals surface area contributed by atoms with Gasteiger partial charge >= 0.3 is 12.5 Å². The lowest BCUT2D eigenvalue weighted by molar-refractivity contribution is -0.274. The summed E-state index contributed by atoms with van der Waals surface area (Å²) in [7, 11) is -3.87. The maximum atomic E-state index is 13.5. The number of benzene rings is 3. The van der Waals surface area contributed by atoms with Crippen LogP contribution in [0.3, 0.4) is 0 Å². The monoisotopic (exact) mass is 675 g/mol. The molecule has 1 aromatic heterocycles. The van der Waals surface area contributed by atoms with Gasteiger partial charge in [-0.05, 0) is 66.6 Å². The van der Waals surface area contributed by atoms with Crippen molar-refractivity contribution < 1.29 is 44.6 Å². The molecule has 0 aliphatic rings. The SMILES string of the molecule is Cc1nc(C(F)(F)F)cn1-c1ccc(-c2cc(Cl)c(CO)c(S(C)(=O)=O)c2)cc1N(N)/C(=C\N)c1ccc(OC(F)(F)F)cc1. The van der Waals surface area contributed by atoms with Crippen LogP contribution in [0.4, 0.5) is 32.0 Å². The number of aromatic nitrogens is 2. The van der Waals surface area contributed by atoms with Crippen molar-refractivity contribution in [2.24, 2.45) is 11.6 Å². The van der Waals surface area contributed by atoms with E-state index in [1.807, 2.05) is 0 Å². The third-order valence-electron chi connectivity index (χ3n) is 6.51. The Labute approximate surface area is 257 Å². The van der Waals surface area contributed by atoms with Gasteiger partial charge in [-0.25, -0.2) is 19.2 Å². The Balaban J connectivity index is 1.92. The highest BCUT2D eigenvalue weighted by atomic mass is 35.5. The van der Waals surface area contributed by atoms with Crippen LogP contribution in [0.15, 0.2) is 71.9 Å². The number of nitrogens with zero attached hydrogens (tertiary/aromatic N) is 3. The fourth-order valence-corrected chi connectivity index (χ4v) is 5.79. The van der Waals surface area contributed by atoms with Crippen molar-refractivity contribution in [2.75, 3.05) is 11.3 Å². The number of hydrogen-bond acceptors (Lipinski definition) is 8. The number of aryl methyl sites for hydroxylation is 1. The smallest absolute Gasteiger partial charge is 0.406 e. The first-order valence-corrected chi connectivity index (χ1v) is 14.8. The van der Waals surface area contributed by atoms with E-state index >= 15 is 0 Å². The first kappa shape index (κ1) is 33.6. The third-order valence-corrected chi connectivity index (χ3v) is 8.01. The largest absolute Gasteiger partial charge is 0.573 e. The van der Waals surface area contributed by atoms with Gasteiger partial charge in [0.25, 0.3) is 0 Å². The van der Waals surface area contributed by atoms with E-state index < -0.39 is 40.4 Å². The van der Waals surface area contributed by atoms with Gasteiger partial charge in [0.1, 0.15) is 11.6 Å². The van der Waals surface area contributed by atoms with Crippen molar-refractivity contribution >= 4 is 32.8 Å². The molecule has 0 aliphatic heterocycles. The molecule has 0 spiro atoms. The predicted molar refractivity (Wildman–Crippen MR) is 155 cm³/mol. The Hall–Kier alpha value is -4.25. The number of aliphatic hydroxyl groups excluding tert-OH is 1. The Morgan fingerprint density at radius 2 is 1.71 bits per heavy atom. The van der Waals surface area contributed by atoms with Gasteiger partial charge in [-0.15, -0.1) is 13.2 Å². The number of ether oxygens (including phenoxy) is 1. The van der Waals surface area contributed by atoms with Crippen LogP contribution in [0.25, 0.3) is 22.5 Å². The van der Waals surface area contributed by atoms with E-state index in [0.29, 0.717) is 5.56 Å². The molecule has 0 saturated carbocycles.